The van der Waals surface area contributed by atoms with Crippen molar-refractivity contribution in [1.29, 1.82) is 0 Å². The van der Waals surface area contributed by atoms with Crippen molar-refractivity contribution < 1.29 is 4.92 Å². The van der Waals surface area contributed by atoms with Gasteiger partial charge in [0.05, 0.1) is 15.6 Å². The van der Waals surface area contributed by atoms with Crippen molar-refractivity contribution in [1.82, 2.24) is 9.88 Å². The third kappa shape index (κ3) is 3.39. The van der Waals surface area contributed by atoms with Gasteiger partial charge in [-0.3, -0.25) is 14.9 Å². The van der Waals surface area contributed by atoms with Crippen LogP contribution in [0.1, 0.15) is 18.9 Å². The van der Waals surface area contributed by atoms with Gasteiger partial charge in [0, 0.05) is 12.1 Å². The van der Waals surface area contributed by atoms with E-state index in [-0.39, 0.29) is 15.7 Å². The Labute approximate surface area is 113 Å². The predicted molar refractivity (Wildman–Crippen MR) is 73.0 cm³/mol. The van der Waals surface area contributed by atoms with Gasteiger partial charge in [0.25, 0.3) is 11.2 Å². The number of aryl methyl sites for hydroxylation is 1. The molecule has 0 bridgehead atoms. The Balaban J connectivity index is 2.98. The van der Waals surface area contributed by atoms with Crippen LogP contribution in [0.4, 0.5) is 5.69 Å². The molecule has 1 aromatic heterocycles. The number of aromatic nitrogens is 1. The molecule has 100 valence electrons. The average Bonchev–Trinajstić information content (AvgIpc) is 2.33. The summed E-state index contributed by atoms with van der Waals surface area (Å²) in [6.07, 6.45) is 2.06. The molecule has 0 aliphatic heterocycles. The Morgan fingerprint density at radius 3 is 2.78 bits per heavy atom. The van der Waals surface area contributed by atoms with Gasteiger partial charge in [-0.2, -0.15) is 0 Å². The first-order chi connectivity index (χ1) is 8.49. The number of hydrogen-bond donors (Lipinski definition) is 1. The molecule has 0 aliphatic carbocycles. The third-order valence-corrected chi connectivity index (χ3v) is 3.57. The summed E-state index contributed by atoms with van der Waals surface area (Å²) in [5.74, 6) is 0. The van der Waals surface area contributed by atoms with Crippen LogP contribution < -0.4 is 10.9 Å². The summed E-state index contributed by atoms with van der Waals surface area (Å²) >= 11 is 3.12. The molecule has 1 N–H and O–H groups in total. The number of pyridine rings is 1. The summed E-state index contributed by atoms with van der Waals surface area (Å²) < 4.78 is 1.65. The zero-order valence-corrected chi connectivity index (χ0v) is 12.0. The number of nitro groups is 1. The second kappa shape index (κ2) is 6.65. The fourth-order valence-electron chi connectivity index (χ4n) is 1.60. The van der Waals surface area contributed by atoms with Gasteiger partial charge in [-0.05, 0) is 42.4 Å². The molecule has 0 unspecified atom stereocenters. The lowest BCUT2D eigenvalue weighted by Gasteiger charge is -2.08. The van der Waals surface area contributed by atoms with Gasteiger partial charge < -0.3 is 9.88 Å². The molecule has 0 atom stereocenters. The Bertz CT molecular complexity index is 499. The van der Waals surface area contributed by atoms with E-state index >= 15 is 0 Å². The second-order valence-electron chi connectivity index (χ2n) is 3.92. The first-order valence-electron chi connectivity index (χ1n) is 5.73. The normalized spacial score (nSPS) is 10.6. The van der Waals surface area contributed by atoms with Crippen molar-refractivity contribution >= 4 is 21.6 Å². The number of hydrogen-bond acceptors (Lipinski definition) is 4. The first-order valence-corrected chi connectivity index (χ1v) is 6.53. The molecular weight excluding hydrogens is 302 g/mol. The smallest absolute Gasteiger partial charge is 0.289 e. The quantitative estimate of drug-likeness (QED) is 0.493. The molecule has 0 saturated heterocycles. The first kappa shape index (κ1) is 14.8. The fraction of sp³-hybridized carbons (Fsp3) is 0.545. The predicted octanol–water partition coefficient (Wildman–Crippen LogP) is 1.83. The van der Waals surface area contributed by atoms with Crippen molar-refractivity contribution in [3.63, 3.8) is 0 Å². The molecule has 0 aromatic carbocycles. The van der Waals surface area contributed by atoms with Crippen molar-refractivity contribution in [3.8, 4) is 0 Å². The van der Waals surface area contributed by atoms with Crippen LogP contribution in [0.3, 0.4) is 0 Å². The van der Waals surface area contributed by atoms with E-state index in [1.165, 1.54) is 10.8 Å². The minimum Gasteiger partial charge on any atom is -0.317 e. The Morgan fingerprint density at radius 1 is 1.56 bits per heavy atom. The number of rotatable bonds is 6. The van der Waals surface area contributed by atoms with Crippen LogP contribution in [0.5, 0.6) is 0 Å². The summed E-state index contributed by atoms with van der Waals surface area (Å²) in [6.45, 7) is 5.67. The van der Waals surface area contributed by atoms with Gasteiger partial charge in [0.15, 0.2) is 0 Å². The molecule has 0 fully saturated rings. The van der Waals surface area contributed by atoms with E-state index in [9.17, 15) is 14.9 Å². The van der Waals surface area contributed by atoms with Crippen LogP contribution in [0.25, 0.3) is 0 Å². The van der Waals surface area contributed by atoms with Crippen LogP contribution in [0.2, 0.25) is 0 Å². The Kier molecular flexibility index (Phi) is 5.49. The van der Waals surface area contributed by atoms with Crippen LogP contribution in [0, 0.1) is 17.0 Å². The highest BCUT2D eigenvalue weighted by Crippen LogP contribution is 2.22. The van der Waals surface area contributed by atoms with Crippen molar-refractivity contribution in [2.75, 3.05) is 13.1 Å². The molecule has 0 amide bonds. The van der Waals surface area contributed by atoms with Gasteiger partial charge in [0.2, 0.25) is 0 Å². The second-order valence-corrected chi connectivity index (χ2v) is 4.71. The highest BCUT2D eigenvalue weighted by atomic mass is 79.9. The highest BCUT2D eigenvalue weighted by Gasteiger charge is 2.17. The molecule has 1 rings (SSSR count). The van der Waals surface area contributed by atoms with Gasteiger partial charge in [-0.25, -0.2) is 0 Å². The lowest BCUT2D eigenvalue weighted by atomic mass is 10.2. The van der Waals surface area contributed by atoms with E-state index in [4.69, 9.17) is 0 Å². The molecule has 1 heterocycles. The molecular formula is C11H16BrN3O3. The topological polar surface area (TPSA) is 77.2 Å². The van der Waals surface area contributed by atoms with Gasteiger partial charge in [-0.1, -0.05) is 6.92 Å². The molecule has 0 saturated carbocycles. The standard InChI is InChI=1S/C11H16BrN3O3/c1-3-13-5-4-6-14-7-9(15(17)18)8(2)10(12)11(14)16/h7,13H,3-6H2,1-2H3. The Hall–Kier alpha value is -1.21. The summed E-state index contributed by atoms with van der Waals surface area (Å²) in [5.41, 5.74) is 0.104. The average molecular weight is 318 g/mol. The lowest BCUT2D eigenvalue weighted by molar-refractivity contribution is -0.386. The maximum Gasteiger partial charge on any atom is 0.289 e. The summed E-state index contributed by atoms with van der Waals surface area (Å²) in [6, 6.07) is 0. The molecule has 0 radical (unpaired) electrons. The number of halogens is 1. The molecule has 7 heteroatoms. The minimum atomic E-state index is -0.472. The van der Waals surface area contributed by atoms with E-state index < -0.39 is 4.92 Å². The summed E-state index contributed by atoms with van der Waals surface area (Å²) in [5, 5.41) is 14.0. The van der Waals surface area contributed by atoms with Crippen LogP contribution >= 0.6 is 15.9 Å². The van der Waals surface area contributed by atoms with Crippen LogP contribution in [-0.2, 0) is 6.54 Å². The largest absolute Gasteiger partial charge is 0.317 e. The minimum absolute atomic E-state index is 0.0371. The van der Waals surface area contributed by atoms with E-state index in [1.807, 2.05) is 6.92 Å². The lowest BCUT2D eigenvalue weighted by Crippen LogP contribution is -2.24. The summed E-state index contributed by atoms with van der Waals surface area (Å²) in [7, 11) is 0. The third-order valence-electron chi connectivity index (χ3n) is 2.64. The number of nitrogens with one attached hydrogen (secondary N) is 1. The Morgan fingerprint density at radius 2 is 2.22 bits per heavy atom. The van der Waals surface area contributed by atoms with E-state index in [0.29, 0.717) is 12.1 Å². The monoisotopic (exact) mass is 317 g/mol. The van der Waals surface area contributed by atoms with Crippen LogP contribution in [0.15, 0.2) is 15.5 Å². The van der Waals surface area contributed by atoms with Crippen molar-refractivity contribution in [2.24, 2.45) is 0 Å². The molecule has 0 aliphatic rings. The van der Waals surface area contributed by atoms with E-state index in [0.717, 1.165) is 19.5 Å². The maximum atomic E-state index is 11.9. The summed E-state index contributed by atoms with van der Waals surface area (Å²) in [4.78, 5) is 22.3. The van der Waals surface area contributed by atoms with Crippen molar-refractivity contribution in [3.05, 3.63) is 36.7 Å². The molecule has 0 spiro atoms. The van der Waals surface area contributed by atoms with E-state index in [2.05, 4.69) is 21.2 Å². The SMILES string of the molecule is CCNCCCn1cc([N+](=O)[O-])c(C)c(Br)c1=O. The highest BCUT2D eigenvalue weighted by molar-refractivity contribution is 9.10. The fourth-order valence-corrected chi connectivity index (χ4v) is 2.03. The van der Waals surface area contributed by atoms with Crippen LogP contribution in [-0.4, -0.2) is 22.6 Å². The zero-order chi connectivity index (χ0) is 13.7. The molecule has 6 nitrogen and oxygen atoms in total. The van der Waals surface area contributed by atoms with Gasteiger partial charge in [-0.15, -0.1) is 0 Å². The molecule has 18 heavy (non-hydrogen) atoms. The number of nitrogens with zero attached hydrogens (tertiary/aromatic N) is 2. The maximum absolute atomic E-state index is 11.9. The van der Waals surface area contributed by atoms with E-state index in [1.54, 1.807) is 6.92 Å². The molecule has 1 aromatic rings. The van der Waals surface area contributed by atoms with Gasteiger partial charge in [0.1, 0.15) is 0 Å². The van der Waals surface area contributed by atoms with Crippen molar-refractivity contribution in [2.45, 2.75) is 26.8 Å². The van der Waals surface area contributed by atoms with Gasteiger partial charge >= 0.3 is 0 Å². The zero-order valence-electron chi connectivity index (χ0n) is 10.4.